The summed E-state index contributed by atoms with van der Waals surface area (Å²) in [5, 5.41) is 4.53. The molecule has 1 aliphatic heterocycles. The lowest BCUT2D eigenvalue weighted by atomic mass is 9.95. The Hall–Kier alpha value is 0.310. The molecule has 1 rings (SSSR count). The monoisotopic (exact) mass is 215 g/mol. The highest BCUT2D eigenvalue weighted by atomic mass is 32.2. The quantitative estimate of drug-likeness (QED) is 0.770. The summed E-state index contributed by atoms with van der Waals surface area (Å²) in [7, 11) is 0. The van der Waals surface area contributed by atoms with Gasteiger partial charge in [0.25, 0.3) is 0 Å². The summed E-state index contributed by atoms with van der Waals surface area (Å²) in [4.78, 5) is 0.377. The molecule has 84 valence electrons. The van der Waals surface area contributed by atoms with E-state index in [-0.39, 0.29) is 0 Å². The van der Waals surface area contributed by atoms with Crippen LogP contribution in [0.15, 0.2) is 0 Å². The second-order valence-corrected chi connectivity index (χ2v) is 7.32. The third-order valence-electron chi connectivity index (χ3n) is 2.61. The molecular formula is C12H25NS. The molecule has 0 aromatic heterocycles. The highest BCUT2D eigenvalue weighted by Crippen LogP contribution is 2.41. The average Bonchev–Trinajstić information content (AvgIpc) is 2.28. The van der Waals surface area contributed by atoms with Gasteiger partial charge in [0.1, 0.15) is 0 Å². The summed E-state index contributed by atoms with van der Waals surface area (Å²) in [6, 6.07) is 0. The molecule has 1 N–H and O–H groups in total. The van der Waals surface area contributed by atoms with E-state index in [1.165, 1.54) is 19.4 Å². The van der Waals surface area contributed by atoms with E-state index in [0.717, 1.165) is 17.1 Å². The van der Waals surface area contributed by atoms with Gasteiger partial charge in [0.2, 0.25) is 0 Å². The van der Waals surface area contributed by atoms with Gasteiger partial charge in [0.05, 0.1) is 4.87 Å². The molecule has 1 heterocycles. The molecule has 1 saturated heterocycles. The zero-order chi connectivity index (χ0) is 10.8. The molecule has 14 heavy (non-hydrogen) atoms. The Bertz CT molecular complexity index is 167. The molecule has 1 aliphatic rings. The molecule has 0 bridgehead atoms. The van der Waals surface area contributed by atoms with Crippen LogP contribution in [0.25, 0.3) is 0 Å². The molecule has 0 aliphatic carbocycles. The Labute approximate surface area is 93.4 Å². The standard InChI is InChI=1S/C12H25NS/c1-9(2)6-12(7-10(3)4)13-8-11(5)14-12/h9-11,13H,6-8H2,1-5H3. The van der Waals surface area contributed by atoms with Crippen LogP contribution in [0.1, 0.15) is 47.5 Å². The van der Waals surface area contributed by atoms with Crippen molar-refractivity contribution < 1.29 is 0 Å². The predicted octanol–water partition coefficient (Wildman–Crippen LogP) is 3.50. The molecule has 1 nitrogen and oxygen atoms in total. The minimum atomic E-state index is 0.377. The van der Waals surface area contributed by atoms with E-state index in [1.807, 2.05) is 0 Å². The minimum absolute atomic E-state index is 0.377. The van der Waals surface area contributed by atoms with Crippen LogP contribution in [0.4, 0.5) is 0 Å². The van der Waals surface area contributed by atoms with Gasteiger partial charge < -0.3 is 5.32 Å². The first kappa shape index (κ1) is 12.4. The maximum atomic E-state index is 3.75. The second kappa shape index (κ2) is 4.89. The Morgan fingerprint density at radius 1 is 1.21 bits per heavy atom. The van der Waals surface area contributed by atoms with Gasteiger partial charge in [0.15, 0.2) is 0 Å². The van der Waals surface area contributed by atoms with Crippen molar-refractivity contribution in [2.45, 2.75) is 57.6 Å². The lowest BCUT2D eigenvalue weighted by Gasteiger charge is -2.32. The Morgan fingerprint density at radius 2 is 1.71 bits per heavy atom. The van der Waals surface area contributed by atoms with Gasteiger partial charge in [0, 0.05) is 11.8 Å². The SMILES string of the molecule is CC(C)CC1(CC(C)C)NCC(C)S1. The van der Waals surface area contributed by atoms with Crippen LogP contribution in [0.5, 0.6) is 0 Å². The maximum Gasteiger partial charge on any atom is 0.0653 e. The lowest BCUT2D eigenvalue weighted by molar-refractivity contribution is 0.341. The fourth-order valence-electron chi connectivity index (χ4n) is 2.44. The molecule has 0 radical (unpaired) electrons. The topological polar surface area (TPSA) is 12.0 Å². The van der Waals surface area contributed by atoms with Crippen LogP contribution >= 0.6 is 11.8 Å². The number of hydrogen-bond donors (Lipinski definition) is 1. The first-order valence-corrected chi connectivity index (χ1v) is 6.74. The van der Waals surface area contributed by atoms with Crippen LogP contribution in [-0.2, 0) is 0 Å². The second-order valence-electron chi connectivity index (χ2n) is 5.50. The van der Waals surface area contributed by atoms with Crippen molar-refractivity contribution >= 4 is 11.8 Å². The Morgan fingerprint density at radius 3 is 2.00 bits per heavy atom. The number of hydrogen-bond acceptors (Lipinski definition) is 2. The van der Waals surface area contributed by atoms with Crippen LogP contribution in [0.3, 0.4) is 0 Å². The van der Waals surface area contributed by atoms with Crippen molar-refractivity contribution in [3.05, 3.63) is 0 Å². The zero-order valence-electron chi connectivity index (χ0n) is 10.3. The zero-order valence-corrected chi connectivity index (χ0v) is 11.1. The molecule has 1 fully saturated rings. The average molecular weight is 215 g/mol. The smallest absolute Gasteiger partial charge is 0.0653 e. The fourth-order valence-corrected chi connectivity index (χ4v) is 4.40. The summed E-state index contributed by atoms with van der Waals surface area (Å²) in [6.45, 7) is 12.8. The van der Waals surface area contributed by atoms with Crippen LogP contribution in [0, 0.1) is 11.8 Å². The van der Waals surface area contributed by atoms with Crippen molar-refractivity contribution in [3.8, 4) is 0 Å². The van der Waals surface area contributed by atoms with Crippen molar-refractivity contribution in [2.24, 2.45) is 11.8 Å². The molecule has 0 aromatic rings. The normalized spacial score (nSPS) is 26.4. The highest BCUT2D eigenvalue weighted by Gasteiger charge is 2.38. The molecule has 0 spiro atoms. The van der Waals surface area contributed by atoms with Gasteiger partial charge in [-0.25, -0.2) is 0 Å². The van der Waals surface area contributed by atoms with Crippen molar-refractivity contribution in [3.63, 3.8) is 0 Å². The number of nitrogens with one attached hydrogen (secondary N) is 1. The van der Waals surface area contributed by atoms with Gasteiger partial charge in [-0.1, -0.05) is 34.6 Å². The lowest BCUT2D eigenvalue weighted by Crippen LogP contribution is -2.39. The van der Waals surface area contributed by atoms with Crippen molar-refractivity contribution in [1.29, 1.82) is 0 Å². The minimum Gasteiger partial charge on any atom is -0.302 e. The van der Waals surface area contributed by atoms with E-state index in [1.54, 1.807) is 0 Å². The first-order valence-electron chi connectivity index (χ1n) is 5.86. The highest BCUT2D eigenvalue weighted by molar-refractivity contribution is 8.01. The van der Waals surface area contributed by atoms with Gasteiger partial charge >= 0.3 is 0 Å². The summed E-state index contributed by atoms with van der Waals surface area (Å²) in [6.07, 6.45) is 2.61. The summed E-state index contributed by atoms with van der Waals surface area (Å²) < 4.78 is 0. The van der Waals surface area contributed by atoms with E-state index in [2.05, 4.69) is 51.7 Å². The molecule has 2 heteroatoms. The maximum absolute atomic E-state index is 3.75. The van der Waals surface area contributed by atoms with Gasteiger partial charge in [-0.2, -0.15) is 0 Å². The van der Waals surface area contributed by atoms with E-state index >= 15 is 0 Å². The van der Waals surface area contributed by atoms with Crippen LogP contribution in [0.2, 0.25) is 0 Å². The Kier molecular flexibility index (Phi) is 4.32. The molecule has 0 aromatic carbocycles. The van der Waals surface area contributed by atoms with Crippen LogP contribution < -0.4 is 5.32 Å². The summed E-state index contributed by atoms with van der Waals surface area (Å²) in [5.74, 6) is 1.58. The van der Waals surface area contributed by atoms with Gasteiger partial charge in [-0.3, -0.25) is 0 Å². The first-order chi connectivity index (χ1) is 6.43. The molecule has 1 atom stereocenters. The van der Waals surface area contributed by atoms with E-state index < -0.39 is 0 Å². The fraction of sp³-hybridized carbons (Fsp3) is 1.00. The largest absolute Gasteiger partial charge is 0.302 e. The molecule has 0 amide bonds. The third kappa shape index (κ3) is 3.47. The number of thioether (sulfide) groups is 1. The van der Waals surface area contributed by atoms with Gasteiger partial charge in [-0.15, -0.1) is 11.8 Å². The Balaban J connectivity index is 2.60. The van der Waals surface area contributed by atoms with E-state index in [9.17, 15) is 0 Å². The molecule has 0 saturated carbocycles. The van der Waals surface area contributed by atoms with Crippen molar-refractivity contribution in [2.75, 3.05) is 6.54 Å². The predicted molar refractivity (Wildman–Crippen MR) is 66.7 cm³/mol. The van der Waals surface area contributed by atoms with Gasteiger partial charge in [-0.05, 0) is 24.7 Å². The van der Waals surface area contributed by atoms with Crippen molar-refractivity contribution in [1.82, 2.24) is 5.32 Å². The number of rotatable bonds is 4. The molecular weight excluding hydrogens is 190 g/mol. The third-order valence-corrected chi connectivity index (χ3v) is 4.11. The van der Waals surface area contributed by atoms with E-state index in [4.69, 9.17) is 0 Å². The molecule has 1 unspecified atom stereocenters. The summed E-state index contributed by atoms with van der Waals surface area (Å²) >= 11 is 2.16. The van der Waals surface area contributed by atoms with Crippen LogP contribution in [-0.4, -0.2) is 16.7 Å². The summed E-state index contributed by atoms with van der Waals surface area (Å²) in [5.41, 5.74) is 0. The van der Waals surface area contributed by atoms with E-state index in [0.29, 0.717) is 4.87 Å².